The molecule has 0 radical (unpaired) electrons. The molecule has 3 rings (SSSR count). The van der Waals surface area contributed by atoms with Crippen molar-refractivity contribution in [3.05, 3.63) is 23.4 Å². The van der Waals surface area contributed by atoms with Gasteiger partial charge < -0.3 is 5.73 Å². The molecule has 1 aliphatic rings. The van der Waals surface area contributed by atoms with Crippen LogP contribution in [0.15, 0.2) is 12.4 Å². The van der Waals surface area contributed by atoms with Crippen LogP contribution in [0.25, 0.3) is 5.65 Å². The van der Waals surface area contributed by atoms with Crippen LogP contribution >= 0.6 is 11.6 Å². The maximum Gasteiger partial charge on any atom is 0.198 e. The molecule has 2 N–H and O–H groups in total. The van der Waals surface area contributed by atoms with Gasteiger partial charge in [-0.25, -0.2) is 4.98 Å². The van der Waals surface area contributed by atoms with Gasteiger partial charge in [0, 0.05) is 24.4 Å². The zero-order valence-corrected chi connectivity index (χ0v) is 10.1. The Bertz CT molecular complexity index is 538. The molecule has 6 heteroatoms. The summed E-state index contributed by atoms with van der Waals surface area (Å²) in [6, 6.07) is 0.276. The van der Waals surface area contributed by atoms with E-state index < -0.39 is 0 Å². The van der Waals surface area contributed by atoms with Gasteiger partial charge in [0.2, 0.25) is 0 Å². The maximum atomic E-state index is 6.01. The van der Waals surface area contributed by atoms with E-state index in [-0.39, 0.29) is 6.04 Å². The molecule has 0 amide bonds. The molecule has 2 aromatic rings. The maximum absolute atomic E-state index is 6.01. The fraction of sp³-hybridized carbons (Fsp3) is 0.545. The minimum absolute atomic E-state index is 0.276. The van der Waals surface area contributed by atoms with Crippen molar-refractivity contribution in [3.63, 3.8) is 0 Å². The van der Waals surface area contributed by atoms with Crippen LogP contribution in [0.5, 0.6) is 0 Å². The number of fused-ring (bicyclic) bond motifs is 1. The standard InChI is InChI=1S/C11H14ClN5/c12-9-11-16-15-10(17(11)5-4-14-9)7-2-1-3-8(13)6-7/h4-5,7-8H,1-3,6,13H2/t7-,8+/m0/s1. The Morgan fingerprint density at radius 3 is 3.06 bits per heavy atom. The normalized spacial score (nSPS) is 25.3. The first-order valence-corrected chi connectivity index (χ1v) is 6.24. The molecule has 0 bridgehead atoms. The van der Waals surface area contributed by atoms with Crippen molar-refractivity contribution in [2.45, 2.75) is 37.6 Å². The van der Waals surface area contributed by atoms with E-state index in [2.05, 4.69) is 15.2 Å². The highest BCUT2D eigenvalue weighted by atomic mass is 35.5. The van der Waals surface area contributed by atoms with Gasteiger partial charge in [-0.05, 0) is 19.3 Å². The lowest BCUT2D eigenvalue weighted by Crippen LogP contribution is -2.27. The van der Waals surface area contributed by atoms with E-state index in [1.165, 1.54) is 0 Å². The summed E-state index contributed by atoms with van der Waals surface area (Å²) in [5.41, 5.74) is 6.64. The van der Waals surface area contributed by atoms with Crippen molar-refractivity contribution in [2.75, 3.05) is 0 Å². The van der Waals surface area contributed by atoms with Crippen molar-refractivity contribution in [1.29, 1.82) is 0 Å². The Morgan fingerprint density at radius 2 is 2.24 bits per heavy atom. The molecular weight excluding hydrogens is 238 g/mol. The zero-order valence-electron chi connectivity index (χ0n) is 9.38. The lowest BCUT2D eigenvalue weighted by Gasteiger charge is -2.25. The van der Waals surface area contributed by atoms with Gasteiger partial charge in [0.15, 0.2) is 10.8 Å². The Hall–Kier alpha value is -1.20. The molecule has 90 valence electrons. The van der Waals surface area contributed by atoms with Gasteiger partial charge in [-0.3, -0.25) is 4.40 Å². The SMILES string of the molecule is N[C@@H]1CCC[C@H](c2nnc3c(Cl)nccn23)C1. The highest BCUT2D eigenvalue weighted by Gasteiger charge is 2.25. The van der Waals surface area contributed by atoms with Gasteiger partial charge in [0.05, 0.1) is 0 Å². The minimum Gasteiger partial charge on any atom is -0.328 e. The number of nitrogens with zero attached hydrogens (tertiary/aromatic N) is 4. The Labute approximate surface area is 104 Å². The molecule has 0 unspecified atom stereocenters. The number of rotatable bonds is 1. The van der Waals surface area contributed by atoms with E-state index in [9.17, 15) is 0 Å². The van der Waals surface area contributed by atoms with Crippen LogP contribution in [-0.2, 0) is 0 Å². The number of nitrogens with two attached hydrogens (primary N) is 1. The average molecular weight is 252 g/mol. The van der Waals surface area contributed by atoms with Gasteiger partial charge in [-0.1, -0.05) is 18.0 Å². The van der Waals surface area contributed by atoms with Gasteiger partial charge in [-0.15, -0.1) is 10.2 Å². The third kappa shape index (κ3) is 1.89. The molecule has 0 saturated heterocycles. The molecule has 17 heavy (non-hydrogen) atoms. The van der Waals surface area contributed by atoms with Crippen LogP contribution in [0.4, 0.5) is 0 Å². The fourth-order valence-corrected chi connectivity index (χ4v) is 2.74. The van der Waals surface area contributed by atoms with Crippen LogP contribution < -0.4 is 5.73 Å². The molecule has 0 aliphatic heterocycles. The van der Waals surface area contributed by atoms with Crippen LogP contribution in [0.1, 0.15) is 37.4 Å². The van der Waals surface area contributed by atoms with E-state index in [1.54, 1.807) is 6.20 Å². The second-order valence-corrected chi connectivity index (χ2v) is 4.95. The molecule has 1 saturated carbocycles. The largest absolute Gasteiger partial charge is 0.328 e. The lowest BCUT2D eigenvalue weighted by atomic mass is 9.85. The van der Waals surface area contributed by atoms with Crippen molar-refractivity contribution in [2.24, 2.45) is 5.73 Å². The lowest BCUT2D eigenvalue weighted by molar-refractivity contribution is 0.380. The summed E-state index contributed by atoms with van der Waals surface area (Å²) < 4.78 is 1.93. The molecule has 2 aromatic heterocycles. The third-order valence-electron chi connectivity index (χ3n) is 3.39. The quantitative estimate of drug-likeness (QED) is 0.839. The summed E-state index contributed by atoms with van der Waals surface area (Å²) in [7, 11) is 0. The zero-order chi connectivity index (χ0) is 11.8. The monoisotopic (exact) mass is 251 g/mol. The summed E-state index contributed by atoms with van der Waals surface area (Å²) in [6.07, 6.45) is 7.88. The summed E-state index contributed by atoms with van der Waals surface area (Å²) in [5.74, 6) is 1.34. The molecule has 0 spiro atoms. The number of halogens is 1. The summed E-state index contributed by atoms with van der Waals surface area (Å²) in [5, 5.41) is 8.74. The predicted octanol–water partition coefficient (Wildman–Crippen LogP) is 1.76. The summed E-state index contributed by atoms with van der Waals surface area (Å²) in [4.78, 5) is 4.00. The van der Waals surface area contributed by atoms with Crippen molar-refractivity contribution < 1.29 is 0 Å². The first kappa shape index (κ1) is 10.9. The van der Waals surface area contributed by atoms with Crippen LogP contribution in [0.2, 0.25) is 5.15 Å². The molecule has 2 atom stereocenters. The van der Waals surface area contributed by atoms with Crippen LogP contribution in [-0.4, -0.2) is 25.6 Å². The predicted molar refractivity (Wildman–Crippen MR) is 65.0 cm³/mol. The van der Waals surface area contributed by atoms with Crippen molar-refractivity contribution in [1.82, 2.24) is 19.6 Å². The first-order chi connectivity index (χ1) is 8.25. The van der Waals surface area contributed by atoms with Crippen molar-refractivity contribution >= 4 is 17.2 Å². The molecule has 0 aromatic carbocycles. The number of hydrogen-bond donors (Lipinski definition) is 1. The molecule has 1 fully saturated rings. The van der Waals surface area contributed by atoms with Gasteiger partial charge in [0.25, 0.3) is 0 Å². The van der Waals surface area contributed by atoms with E-state index in [0.717, 1.165) is 31.5 Å². The second-order valence-electron chi connectivity index (χ2n) is 4.59. The van der Waals surface area contributed by atoms with Gasteiger partial charge in [0.1, 0.15) is 5.82 Å². The van der Waals surface area contributed by atoms with Crippen LogP contribution in [0.3, 0.4) is 0 Å². The topological polar surface area (TPSA) is 69.1 Å². The van der Waals surface area contributed by atoms with E-state index in [1.807, 2.05) is 10.6 Å². The summed E-state index contributed by atoms with van der Waals surface area (Å²) >= 11 is 5.98. The molecule has 5 nitrogen and oxygen atoms in total. The summed E-state index contributed by atoms with van der Waals surface area (Å²) in [6.45, 7) is 0. The third-order valence-corrected chi connectivity index (χ3v) is 3.66. The van der Waals surface area contributed by atoms with E-state index in [4.69, 9.17) is 17.3 Å². The highest BCUT2D eigenvalue weighted by molar-refractivity contribution is 6.32. The molecule has 2 heterocycles. The minimum atomic E-state index is 0.276. The van der Waals surface area contributed by atoms with Crippen LogP contribution in [0, 0.1) is 0 Å². The van der Waals surface area contributed by atoms with Crippen molar-refractivity contribution in [3.8, 4) is 0 Å². The van der Waals surface area contributed by atoms with E-state index in [0.29, 0.717) is 16.7 Å². The van der Waals surface area contributed by atoms with Gasteiger partial charge >= 0.3 is 0 Å². The smallest absolute Gasteiger partial charge is 0.198 e. The Morgan fingerprint density at radius 1 is 1.35 bits per heavy atom. The number of hydrogen-bond acceptors (Lipinski definition) is 4. The Balaban J connectivity index is 2.02. The number of aromatic nitrogens is 4. The van der Waals surface area contributed by atoms with E-state index >= 15 is 0 Å². The molecular formula is C11H14ClN5. The second kappa shape index (κ2) is 4.23. The van der Waals surface area contributed by atoms with Gasteiger partial charge in [-0.2, -0.15) is 0 Å². The first-order valence-electron chi connectivity index (χ1n) is 5.86. The average Bonchev–Trinajstić information content (AvgIpc) is 2.74. The molecule has 1 aliphatic carbocycles. The highest BCUT2D eigenvalue weighted by Crippen LogP contribution is 2.31. The Kier molecular flexibility index (Phi) is 2.72. The fourth-order valence-electron chi connectivity index (χ4n) is 2.55.